The number of nitrogens with one attached hydrogen (secondary N) is 1. The number of nitrogens with two attached hydrogens (primary N) is 1. The maximum absolute atomic E-state index is 5.98. The Bertz CT molecular complexity index is 769. The highest BCUT2D eigenvalue weighted by molar-refractivity contribution is 7.18. The fraction of sp³-hybridized carbons (Fsp3) is 0.143. The Morgan fingerprint density at radius 2 is 2.15 bits per heavy atom. The van der Waals surface area contributed by atoms with Gasteiger partial charge in [-0.25, -0.2) is 4.98 Å². The van der Waals surface area contributed by atoms with Gasteiger partial charge in [0.15, 0.2) is 0 Å². The van der Waals surface area contributed by atoms with Crippen LogP contribution in [0.2, 0.25) is 5.02 Å². The summed E-state index contributed by atoms with van der Waals surface area (Å²) in [5.74, 6) is 1.05. The van der Waals surface area contributed by atoms with Crippen LogP contribution in [-0.2, 0) is 6.54 Å². The number of benzene rings is 1. The van der Waals surface area contributed by atoms with E-state index in [4.69, 9.17) is 17.3 Å². The average molecular weight is 305 g/mol. The molecule has 2 aromatic heterocycles. The molecule has 3 N–H and O–H groups in total. The number of fused-ring (bicyclic) bond motifs is 1. The van der Waals surface area contributed by atoms with Crippen molar-refractivity contribution in [2.45, 2.75) is 13.5 Å². The first-order valence-corrected chi connectivity index (χ1v) is 7.33. The van der Waals surface area contributed by atoms with Crippen LogP contribution in [0.3, 0.4) is 0 Å². The van der Waals surface area contributed by atoms with E-state index in [9.17, 15) is 0 Å². The van der Waals surface area contributed by atoms with Gasteiger partial charge in [0.1, 0.15) is 10.6 Å². The Hall–Kier alpha value is -1.85. The second-order valence-electron chi connectivity index (χ2n) is 4.49. The normalized spacial score (nSPS) is 10.9. The third-order valence-corrected chi connectivity index (χ3v) is 4.06. The Balaban J connectivity index is 1.90. The minimum atomic E-state index is 0.285. The lowest BCUT2D eigenvalue weighted by Crippen LogP contribution is -2.04. The summed E-state index contributed by atoms with van der Waals surface area (Å²) < 4.78 is 0. The largest absolute Gasteiger partial charge is 0.368 e. The lowest BCUT2D eigenvalue weighted by Gasteiger charge is -2.07. The number of halogens is 1. The monoisotopic (exact) mass is 304 g/mol. The Labute approximate surface area is 125 Å². The van der Waals surface area contributed by atoms with Crippen LogP contribution in [0, 0.1) is 6.92 Å². The van der Waals surface area contributed by atoms with Crippen LogP contribution < -0.4 is 11.1 Å². The number of rotatable bonds is 3. The molecule has 0 aliphatic rings. The quantitative estimate of drug-likeness (QED) is 0.771. The summed E-state index contributed by atoms with van der Waals surface area (Å²) in [6, 6.07) is 9.79. The van der Waals surface area contributed by atoms with E-state index in [-0.39, 0.29) is 5.95 Å². The maximum Gasteiger partial charge on any atom is 0.223 e. The highest BCUT2D eigenvalue weighted by Crippen LogP contribution is 2.29. The molecule has 20 heavy (non-hydrogen) atoms. The number of nitrogen functional groups attached to an aromatic ring is 1. The zero-order chi connectivity index (χ0) is 14.1. The molecule has 3 aromatic rings. The van der Waals surface area contributed by atoms with Gasteiger partial charge in [-0.1, -0.05) is 23.7 Å². The Morgan fingerprint density at radius 3 is 2.95 bits per heavy atom. The van der Waals surface area contributed by atoms with Crippen molar-refractivity contribution in [2.24, 2.45) is 0 Å². The van der Waals surface area contributed by atoms with Gasteiger partial charge >= 0.3 is 0 Å². The van der Waals surface area contributed by atoms with Gasteiger partial charge in [-0.3, -0.25) is 0 Å². The number of anilines is 2. The van der Waals surface area contributed by atoms with Crippen LogP contribution in [0.5, 0.6) is 0 Å². The average Bonchev–Trinajstić information content (AvgIpc) is 2.76. The van der Waals surface area contributed by atoms with Crippen LogP contribution in [0.25, 0.3) is 10.2 Å². The Kier molecular flexibility index (Phi) is 3.46. The van der Waals surface area contributed by atoms with Crippen molar-refractivity contribution in [3.05, 3.63) is 45.8 Å². The SMILES string of the molecule is Cc1cc2c(NCc3cccc(Cl)c3)nc(N)nc2s1. The highest BCUT2D eigenvalue weighted by atomic mass is 35.5. The summed E-state index contributed by atoms with van der Waals surface area (Å²) in [7, 11) is 0. The zero-order valence-electron chi connectivity index (χ0n) is 10.9. The van der Waals surface area contributed by atoms with Crippen LogP contribution in [0.4, 0.5) is 11.8 Å². The van der Waals surface area contributed by atoms with Crippen LogP contribution in [0.15, 0.2) is 30.3 Å². The van der Waals surface area contributed by atoms with Crippen LogP contribution in [-0.4, -0.2) is 9.97 Å². The third kappa shape index (κ3) is 2.69. The van der Waals surface area contributed by atoms with Gasteiger partial charge in [0, 0.05) is 16.4 Å². The van der Waals surface area contributed by atoms with Gasteiger partial charge in [-0.2, -0.15) is 4.98 Å². The molecule has 3 rings (SSSR count). The molecule has 0 spiro atoms. The number of thiophene rings is 1. The van der Waals surface area contributed by atoms with E-state index in [1.54, 1.807) is 11.3 Å². The predicted molar refractivity (Wildman–Crippen MR) is 85.3 cm³/mol. The van der Waals surface area contributed by atoms with Gasteiger partial charge in [0.2, 0.25) is 5.95 Å². The molecule has 0 bridgehead atoms. The van der Waals surface area contributed by atoms with Gasteiger partial charge in [0.25, 0.3) is 0 Å². The fourth-order valence-corrected chi connectivity index (χ4v) is 3.13. The third-order valence-electron chi connectivity index (χ3n) is 2.88. The molecule has 0 aliphatic carbocycles. The molecule has 0 saturated heterocycles. The summed E-state index contributed by atoms with van der Waals surface area (Å²) in [5, 5.41) is 5.03. The van der Waals surface area contributed by atoms with Gasteiger partial charge in [-0.05, 0) is 30.7 Å². The molecular formula is C14H13ClN4S. The fourth-order valence-electron chi connectivity index (χ4n) is 2.03. The van der Waals surface area contributed by atoms with Crippen molar-refractivity contribution in [1.29, 1.82) is 0 Å². The molecule has 0 aliphatic heterocycles. The van der Waals surface area contributed by atoms with Crippen molar-refractivity contribution in [2.75, 3.05) is 11.1 Å². The van der Waals surface area contributed by atoms with Gasteiger partial charge in [0.05, 0.1) is 5.39 Å². The van der Waals surface area contributed by atoms with Crippen molar-refractivity contribution < 1.29 is 0 Å². The van der Waals surface area contributed by atoms with E-state index in [2.05, 4.69) is 21.4 Å². The van der Waals surface area contributed by atoms with E-state index >= 15 is 0 Å². The van der Waals surface area contributed by atoms with Crippen molar-refractivity contribution in [3.63, 3.8) is 0 Å². The summed E-state index contributed by atoms with van der Waals surface area (Å²) in [5.41, 5.74) is 6.84. The molecule has 6 heteroatoms. The van der Waals surface area contributed by atoms with Crippen molar-refractivity contribution >= 4 is 44.9 Å². The molecule has 4 nitrogen and oxygen atoms in total. The van der Waals surface area contributed by atoms with Crippen molar-refractivity contribution in [3.8, 4) is 0 Å². The minimum Gasteiger partial charge on any atom is -0.368 e. The zero-order valence-corrected chi connectivity index (χ0v) is 12.4. The summed E-state index contributed by atoms with van der Waals surface area (Å²) in [6.45, 7) is 2.68. The number of aromatic nitrogens is 2. The standard InChI is InChI=1S/C14H13ClN4S/c1-8-5-11-12(18-14(16)19-13(11)20-8)17-7-9-3-2-4-10(15)6-9/h2-6H,7H2,1H3,(H3,16,17,18,19). The predicted octanol–water partition coefficient (Wildman–Crippen LogP) is 3.85. The molecule has 0 radical (unpaired) electrons. The van der Waals surface area contributed by atoms with Crippen LogP contribution >= 0.6 is 22.9 Å². The van der Waals surface area contributed by atoms with E-state index in [1.165, 1.54) is 4.88 Å². The molecule has 0 atom stereocenters. The second-order valence-corrected chi connectivity index (χ2v) is 6.16. The number of nitrogens with zero attached hydrogens (tertiary/aromatic N) is 2. The molecule has 0 unspecified atom stereocenters. The number of hydrogen-bond donors (Lipinski definition) is 2. The Morgan fingerprint density at radius 1 is 1.30 bits per heavy atom. The second kappa shape index (κ2) is 5.26. The summed E-state index contributed by atoms with van der Waals surface area (Å²) >= 11 is 7.59. The molecule has 0 saturated carbocycles. The first-order chi connectivity index (χ1) is 9.61. The molecule has 0 fully saturated rings. The molecule has 1 aromatic carbocycles. The lowest BCUT2D eigenvalue weighted by molar-refractivity contribution is 1.11. The number of aryl methyl sites for hydroxylation is 1. The molecule has 0 amide bonds. The summed E-state index contributed by atoms with van der Waals surface area (Å²) in [6.07, 6.45) is 0. The van der Waals surface area contributed by atoms with Gasteiger partial charge < -0.3 is 11.1 Å². The van der Waals surface area contributed by atoms with E-state index in [0.29, 0.717) is 6.54 Å². The lowest BCUT2D eigenvalue weighted by atomic mass is 10.2. The van der Waals surface area contributed by atoms with Crippen molar-refractivity contribution in [1.82, 2.24) is 9.97 Å². The molecular weight excluding hydrogens is 292 g/mol. The van der Waals surface area contributed by atoms with E-state index in [1.807, 2.05) is 31.2 Å². The number of hydrogen-bond acceptors (Lipinski definition) is 5. The molecule has 102 valence electrons. The van der Waals surface area contributed by atoms with E-state index in [0.717, 1.165) is 26.6 Å². The smallest absolute Gasteiger partial charge is 0.223 e. The topological polar surface area (TPSA) is 63.8 Å². The molecule has 2 heterocycles. The minimum absolute atomic E-state index is 0.285. The van der Waals surface area contributed by atoms with Crippen LogP contribution in [0.1, 0.15) is 10.4 Å². The van der Waals surface area contributed by atoms with E-state index < -0.39 is 0 Å². The van der Waals surface area contributed by atoms with Gasteiger partial charge in [-0.15, -0.1) is 11.3 Å². The maximum atomic E-state index is 5.98. The first kappa shape index (κ1) is 13.1. The summed E-state index contributed by atoms with van der Waals surface area (Å²) in [4.78, 5) is 10.6. The highest BCUT2D eigenvalue weighted by Gasteiger charge is 2.09. The first-order valence-electron chi connectivity index (χ1n) is 6.14.